The van der Waals surface area contributed by atoms with Crippen LogP contribution in [0.2, 0.25) is 0 Å². The lowest BCUT2D eigenvalue weighted by Gasteiger charge is -2.20. The largest absolute Gasteiger partial charge is 0.253 e. The highest BCUT2D eigenvalue weighted by Gasteiger charge is 2.39. The minimum atomic E-state index is 0.889. The molecule has 0 saturated heterocycles. The van der Waals surface area contributed by atoms with Crippen LogP contribution in [0.3, 0.4) is 0 Å². The second-order valence-electron chi connectivity index (χ2n) is 4.55. The van der Waals surface area contributed by atoms with Crippen LogP contribution in [0, 0.1) is 17.8 Å². The number of aromatic nitrogens is 3. The molecule has 0 radical (unpaired) electrons. The van der Waals surface area contributed by atoms with E-state index in [1.807, 2.05) is 11.0 Å². The monoisotopic (exact) mass is 177 g/mol. The zero-order chi connectivity index (χ0) is 8.67. The molecule has 3 unspecified atom stereocenters. The number of rotatable bonds is 2. The van der Waals surface area contributed by atoms with Gasteiger partial charge in [0.15, 0.2) is 0 Å². The smallest absolute Gasteiger partial charge is 0.137 e. The summed E-state index contributed by atoms with van der Waals surface area (Å²) in [7, 11) is 0. The molecule has 2 saturated carbocycles. The number of hydrogen-bond donors (Lipinski definition) is 0. The predicted molar refractivity (Wildman–Crippen MR) is 49.0 cm³/mol. The summed E-state index contributed by atoms with van der Waals surface area (Å²) in [5.41, 5.74) is 0. The molecule has 3 atom stereocenters. The van der Waals surface area contributed by atoms with Gasteiger partial charge in [-0.05, 0) is 37.0 Å². The van der Waals surface area contributed by atoms with Gasteiger partial charge < -0.3 is 0 Å². The Balaban J connectivity index is 1.68. The van der Waals surface area contributed by atoms with Gasteiger partial charge in [0.1, 0.15) is 12.7 Å². The summed E-state index contributed by atoms with van der Waals surface area (Å²) in [6.07, 6.45) is 9.34. The molecule has 1 aromatic rings. The van der Waals surface area contributed by atoms with Gasteiger partial charge in [0.2, 0.25) is 0 Å². The minimum Gasteiger partial charge on any atom is -0.253 e. The molecule has 2 fully saturated rings. The Morgan fingerprint density at radius 1 is 1.31 bits per heavy atom. The van der Waals surface area contributed by atoms with Crippen molar-refractivity contribution in [1.29, 1.82) is 0 Å². The molecular formula is C10H15N3. The summed E-state index contributed by atoms with van der Waals surface area (Å²) in [6.45, 7) is 1.10. The van der Waals surface area contributed by atoms with Crippen molar-refractivity contribution in [3.05, 3.63) is 12.7 Å². The van der Waals surface area contributed by atoms with Crippen LogP contribution in [-0.2, 0) is 6.54 Å². The predicted octanol–water partition coefficient (Wildman–Crippen LogP) is 1.71. The Labute approximate surface area is 78.2 Å². The van der Waals surface area contributed by atoms with Gasteiger partial charge in [0.05, 0.1) is 0 Å². The third-order valence-corrected chi connectivity index (χ3v) is 3.77. The number of fused-ring (bicyclic) bond motifs is 2. The van der Waals surface area contributed by atoms with Crippen molar-refractivity contribution in [2.45, 2.75) is 32.2 Å². The molecule has 0 aliphatic heterocycles. The van der Waals surface area contributed by atoms with Crippen molar-refractivity contribution in [3.63, 3.8) is 0 Å². The van der Waals surface area contributed by atoms with Crippen LogP contribution >= 0.6 is 0 Å². The molecule has 3 heteroatoms. The first-order valence-corrected chi connectivity index (χ1v) is 5.24. The van der Waals surface area contributed by atoms with Gasteiger partial charge in [-0.1, -0.05) is 6.42 Å². The van der Waals surface area contributed by atoms with E-state index < -0.39 is 0 Å². The molecule has 3 rings (SSSR count). The van der Waals surface area contributed by atoms with Gasteiger partial charge in [0, 0.05) is 6.54 Å². The van der Waals surface area contributed by atoms with Gasteiger partial charge in [-0.3, -0.25) is 4.68 Å². The maximum atomic E-state index is 4.17. The first kappa shape index (κ1) is 7.54. The molecule has 0 N–H and O–H groups in total. The van der Waals surface area contributed by atoms with E-state index in [2.05, 4.69) is 10.1 Å². The van der Waals surface area contributed by atoms with Gasteiger partial charge >= 0.3 is 0 Å². The second kappa shape index (κ2) is 2.82. The van der Waals surface area contributed by atoms with Gasteiger partial charge in [-0.15, -0.1) is 0 Å². The van der Waals surface area contributed by atoms with Crippen molar-refractivity contribution in [2.75, 3.05) is 0 Å². The lowest BCUT2D eigenvalue weighted by Crippen LogP contribution is -2.17. The highest BCUT2D eigenvalue weighted by molar-refractivity contribution is 4.89. The van der Waals surface area contributed by atoms with E-state index in [0.29, 0.717) is 0 Å². The average molecular weight is 177 g/mol. The highest BCUT2D eigenvalue weighted by Crippen LogP contribution is 2.48. The van der Waals surface area contributed by atoms with Crippen LogP contribution in [0.4, 0.5) is 0 Å². The summed E-state index contributed by atoms with van der Waals surface area (Å²) >= 11 is 0. The molecule has 2 bridgehead atoms. The molecule has 0 spiro atoms. The third-order valence-electron chi connectivity index (χ3n) is 3.77. The van der Waals surface area contributed by atoms with E-state index in [-0.39, 0.29) is 0 Å². The van der Waals surface area contributed by atoms with E-state index in [4.69, 9.17) is 0 Å². The Kier molecular flexibility index (Phi) is 1.64. The Morgan fingerprint density at radius 2 is 2.31 bits per heavy atom. The number of hydrogen-bond acceptors (Lipinski definition) is 2. The molecule has 70 valence electrons. The van der Waals surface area contributed by atoms with Crippen LogP contribution in [0.25, 0.3) is 0 Å². The minimum absolute atomic E-state index is 0.889. The fourth-order valence-electron chi connectivity index (χ4n) is 3.17. The molecule has 2 aliphatic carbocycles. The lowest BCUT2D eigenvalue weighted by molar-refractivity contribution is 0.285. The summed E-state index contributed by atoms with van der Waals surface area (Å²) in [5.74, 6) is 2.92. The van der Waals surface area contributed by atoms with E-state index in [1.54, 1.807) is 6.33 Å². The molecule has 13 heavy (non-hydrogen) atoms. The molecule has 1 heterocycles. The number of nitrogens with zero attached hydrogens (tertiary/aromatic N) is 3. The molecule has 0 amide bonds. The quantitative estimate of drug-likeness (QED) is 0.688. The second-order valence-corrected chi connectivity index (χ2v) is 4.55. The lowest BCUT2D eigenvalue weighted by atomic mass is 9.89. The van der Waals surface area contributed by atoms with E-state index in [1.165, 1.54) is 25.7 Å². The van der Waals surface area contributed by atoms with Crippen molar-refractivity contribution < 1.29 is 0 Å². The Hall–Kier alpha value is -0.860. The van der Waals surface area contributed by atoms with Crippen molar-refractivity contribution >= 4 is 0 Å². The van der Waals surface area contributed by atoms with Gasteiger partial charge in [-0.2, -0.15) is 5.10 Å². The Bertz CT molecular complexity index is 280. The SMILES string of the molecule is c1ncn(CC2CC3CCC2C3)n1. The molecule has 2 aliphatic rings. The molecule has 1 aromatic heterocycles. The van der Waals surface area contributed by atoms with Crippen LogP contribution in [0.1, 0.15) is 25.7 Å². The standard InChI is InChI=1S/C10H15N3/c1-2-9-3-8(1)4-10(9)5-13-7-11-6-12-13/h6-10H,1-5H2. The van der Waals surface area contributed by atoms with Crippen LogP contribution < -0.4 is 0 Å². The molecular weight excluding hydrogens is 162 g/mol. The average Bonchev–Trinajstić information content (AvgIpc) is 2.77. The molecule has 3 nitrogen and oxygen atoms in total. The highest BCUT2D eigenvalue weighted by atomic mass is 15.3. The zero-order valence-electron chi connectivity index (χ0n) is 7.76. The van der Waals surface area contributed by atoms with Crippen molar-refractivity contribution in [2.24, 2.45) is 17.8 Å². The van der Waals surface area contributed by atoms with E-state index >= 15 is 0 Å². The fraction of sp³-hybridized carbons (Fsp3) is 0.800. The van der Waals surface area contributed by atoms with Gasteiger partial charge in [-0.25, -0.2) is 4.98 Å². The Morgan fingerprint density at radius 3 is 2.92 bits per heavy atom. The fourth-order valence-corrected chi connectivity index (χ4v) is 3.17. The van der Waals surface area contributed by atoms with Gasteiger partial charge in [0.25, 0.3) is 0 Å². The summed E-state index contributed by atoms with van der Waals surface area (Å²) in [4.78, 5) is 3.98. The third kappa shape index (κ3) is 1.26. The summed E-state index contributed by atoms with van der Waals surface area (Å²) in [5, 5.41) is 4.17. The topological polar surface area (TPSA) is 30.7 Å². The first-order chi connectivity index (χ1) is 6.42. The van der Waals surface area contributed by atoms with Crippen molar-refractivity contribution in [1.82, 2.24) is 14.8 Å². The van der Waals surface area contributed by atoms with Crippen molar-refractivity contribution in [3.8, 4) is 0 Å². The summed E-state index contributed by atoms with van der Waals surface area (Å²) in [6, 6.07) is 0. The maximum absolute atomic E-state index is 4.17. The van der Waals surface area contributed by atoms with Crippen LogP contribution in [0.5, 0.6) is 0 Å². The van der Waals surface area contributed by atoms with Crippen LogP contribution in [-0.4, -0.2) is 14.8 Å². The van der Waals surface area contributed by atoms with Crippen LogP contribution in [0.15, 0.2) is 12.7 Å². The van der Waals surface area contributed by atoms with E-state index in [9.17, 15) is 0 Å². The molecule has 0 aromatic carbocycles. The zero-order valence-corrected chi connectivity index (χ0v) is 7.76. The first-order valence-electron chi connectivity index (χ1n) is 5.24. The maximum Gasteiger partial charge on any atom is 0.137 e. The normalized spacial score (nSPS) is 37.1. The summed E-state index contributed by atoms with van der Waals surface area (Å²) < 4.78 is 1.99. The van der Waals surface area contributed by atoms with E-state index in [0.717, 1.165) is 24.3 Å².